The van der Waals surface area contributed by atoms with Crippen LogP contribution >= 0.6 is 0 Å². The van der Waals surface area contributed by atoms with Crippen molar-refractivity contribution in [2.24, 2.45) is 11.8 Å². The van der Waals surface area contributed by atoms with Gasteiger partial charge in [-0.3, -0.25) is 14.4 Å². The topological polar surface area (TPSA) is 96.4 Å². The van der Waals surface area contributed by atoms with Crippen LogP contribution in [0.3, 0.4) is 0 Å². The Hall–Kier alpha value is -1.67. The first-order valence-corrected chi connectivity index (χ1v) is 30.7. The van der Waals surface area contributed by atoms with E-state index in [2.05, 4.69) is 39.5 Å². The molecule has 1 amide bonds. The molecule has 0 rings (SSSR count). The zero-order chi connectivity index (χ0) is 50.7. The summed E-state index contributed by atoms with van der Waals surface area (Å²) in [5.74, 6) is 1.25. The van der Waals surface area contributed by atoms with Gasteiger partial charge in [0.1, 0.15) is 0 Å². The number of hydrogen-bond donors (Lipinski definition) is 1. The summed E-state index contributed by atoms with van der Waals surface area (Å²) in [5, 5.41) is 9.24. The summed E-state index contributed by atoms with van der Waals surface area (Å²) in [5.41, 5.74) is 0. The standard InChI is InChI=1S/C61H120N2O6/c1-7-12-17-20-25-30-38-51-63(52-39-37-47-59(65)62(6)50-40-53-64)58(45-33-26-21-23-28-35-48-60(66)68-54-56(41-15-10-4)43-31-18-13-8-2)46-34-27-22-24-29-36-49-61(67)69-55-57(42-16-11-5)44-32-19-14-9-3/h56-58,64H,7-55H2,1-6H3. The molecule has 0 aliphatic carbocycles. The molecule has 8 heteroatoms. The summed E-state index contributed by atoms with van der Waals surface area (Å²) in [7, 11) is 1.87. The fourth-order valence-electron chi connectivity index (χ4n) is 10.1. The number of rotatable bonds is 55. The normalized spacial score (nSPS) is 12.9. The Balaban J connectivity index is 5.16. The minimum absolute atomic E-state index is 0.00148. The lowest BCUT2D eigenvalue weighted by Crippen LogP contribution is -2.37. The lowest BCUT2D eigenvalue weighted by atomic mass is 9.96. The first-order valence-electron chi connectivity index (χ1n) is 30.7. The molecular formula is C61H120N2O6. The van der Waals surface area contributed by atoms with Crippen LogP contribution in [0.15, 0.2) is 0 Å². The molecule has 0 radical (unpaired) electrons. The number of aliphatic hydroxyl groups is 1. The third-order valence-corrected chi connectivity index (χ3v) is 14.9. The highest BCUT2D eigenvalue weighted by Crippen LogP contribution is 2.23. The summed E-state index contributed by atoms with van der Waals surface area (Å²) in [6.45, 7) is 15.5. The highest BCUT2D eigenvalue weighted by atomic mass is 16.5. The predicted octanol–water partition coefficient (Wildman–Crippen LogP) is 17.3. The van der Waals surface area contributed by atoms with Crippen molar-refractivity contribution in [2.45, 2.75) is 317 Å². The van der Waals surface area contributed by atoms with E-state index in [0.29, 0.717) is 63.3 Å². The van der Waals surface area contributed by atoms with Gasteiger partial charge in [0.2, 0.25) is 5.91 Å². The average Bonchev–Trinajstić information content (AvgIpc) is 3.35. The summed E-state index contributed by atoms with van der Waals surface area (Å²) < 4.78 is 11.6. The molecule has 410 valence electrons. The van der Waals surface area contributed by atoms with Crippen LogP contribution in [0.1, 0.15) is 311 Å². The third kappa shape index (κ3) is 44.7. The number of amides is 1. The first kappa shape index (κ1) is 67.3. The van der Waals surface area contributed by atoms with E-state index in [4.69, 9.17) is 9.47 Å². The van der Waals surface area contributed by atoms with Crippen molar-refractivity contribution >= 4 is 17.8 Å². The lowest BCUT2D eigenvalue weighted by molar-refractivity contribution is -0.146. The summed E-state index contributed by atoms with van der Waals surface area (Å²) in [6.07, 6.45) is 49.8. The van der Waals surface area contributed by atoms with Gasteiger partial charge in [0, 0.05) is 45.5 Å². The van der Waals surface area contributed by atoms with E-state index in [-0.39, 0.29) is 24.5 Å². The van der Waals surface area contributed by atoms with Gasteiger partial charge in [-0.25, -0.2) is 0 Å². The predicted molar refractivity (Wildman–Crippen MR) is 296 cm³/mol. The maximum absolute atomic E-state index is 12.8. The zero-order valence-corrected chi connectivity index (χ0v) is 47.3. The van der Waals surface area contributed by atoms with Crippen LogP contribution < -0.4 is 0 Å². The van der Waals surface area contributed by atoms with Crippen LogP contribution in [0.25, 0.3) is 0 Å². The summed E-state index contributed by atoms with van der Waals surface area (Å²) >= 11 is 0. The monoisotopic (exact) mass is 977 g/mol. The minimum atomic E-state index is 0.00148. The zero-order valence-electron chi connectivity index (χ0n) is 47.3. The second-order valence-corrected chi connectivity index (χ2v) is 21.6. The van der Waals surface area contributed by atoms with Crippen LogP contribution in [-0.2, 0) is 23.9 Å². The molecule has 69 heavy (non-hydrogen) atoms. The number of carbonyl (C=O) groups excluding carboxylic acids is 3. The molecule has 0 aliphatic rings. The number of aliphatic hydroxyl groups excluding tert-OH is 1. The highest BCUT2D eigenvalue weighted by Gasteiger charge is 2.19. The second kappa shape index (κ2) is 52.6. The fourth-order valence-corrected chi connectivity index (χ4v) is 10.1. The molecule has 0 aromatic rings. The Morgan fingerprint density at radius 1 is 0.377 bits per heavy atom. The van der Waals surface area contributed by atoms with E-state index in [1.807, 2.05) is 7.05 Å². The van der Waals surface area contributed by atoms with Crippen molar-refractivity contribution in [3.63, 3.8) is 0 Å². The molecule has 8 nitrogen and oxygen atoms in total. The van der Waals surface area contributed by atoms with E-state index in [0.717, 1.165) is 51.6 Å². The molecule has 0 spiro atoms. The van der Waals surface area contributed by atoms with Gasteiger partial charge in [0.05, 0.1) is 13.2 Å². The maximum atomic E-state index is 12.8. The number of esters is 2. The molecule has 2 unspecified atom stereocenters. The lowest BCUT2D eigenvalue weighted by Gasteiger charge is -2.32. The van der Waals surface area contributed by atoms with Crippen LogP contribution in [0, 0.1) is 11.8 Å². The maximum Gasteiger partial charge on any atom is 0.305 e. The van der Waals surface area contributed by atoms with Crippen molar-refractivity contribution in [3.05, 3.63) is 0 Å². The summed E-state index contributed by atoms with van der Waals surface area (Å²) in [6, 6.07) is 0.582. The first-order chi connectivity index (χ1) is 33.8. The van der Waals surface area contributed by atoms with E-state index < -0.39 is 0 Å². The highest BCUT2D eigenvalue weighted by molar-refractivity contribution is 5.75. The van der Waals surface area contributed by atoms with Gasteiger partial charge < -0.3 is 24.4 Å². The Labute approximate surface area is 430 Å². The Bertz CT molecular complexity index is 1050. The van der Waals surface area contributed by atoms with Crippen LogP contribution in [0.2, 0.25) is 0 Å². The molecule has 0 aromatic heterocycles. The molecule has 0 fully saturated rings. The van der Waals surface area contributed by atoms with Gasteiger partial charge in [-0.2, -0.15) is 0 Å². The van der Waals surface area contributed by atoms with Gasteiger partial charge in [0.25, 0.3) is 0 Å². The molecular weight excluding hydrogens is 857 g/mol. The summed E-state index contributed by atoms with van der Waals surface area (Å²) in [4.78, 5) is 42.7. The van der Waals surface area contributed by atoms with Gasteiger partial charge in [-0.1, -0.05) is 214 Å². The third-order valence-electron chi connectivity index (χ3n) is 14.9. The SMILES string of the molecule is CCCCCCCCCN(CCCCC(=O)N(C)CCCO)C(CCCCCCCCC(=O)OCC(CCCC)CCCCCC)CCCCCCCCC(=O)OCC(CCCC)CCCCCC. The van der Waals surface area contributed by atoms with Crippen molar-refractivity contribution < 1.29 is 29.0 Å². The average molecular weight is 978 g/mol. The number of nitrogens with zero attached hydrogens (tertiary/aromatic N) is 2. The quantitative estimate of drug-likeness (QED) is 0.0479. The molecule has 0 aliphatic heterocycles. The number of ether oxygens (including phenoxy) is 2. The van der Waals surface area contributed by atoms with Crippen molar-refractivity contribution in [1.82, 2.24) is 9.80 Å². The largest absolute Gasteiger partial charge is 0.465 e. The molecule has 0 saturated heterocycles. The smallest absolute Gasteiger partial charge is 0.305 e. The van der Waals surface area contributed by atoms with Crippen molar-refractivity contribution in [1.29, 1.82) is 0 Å². The minimum Gasteiger partial charge on any atom is -0.465 e. The molecule has 0 bridgehead atoms. The molecule has 2 atom stereocenters. The van der Waals surface area contributed by atoms with Gasteiger partial charge in [0.15, 0.2) is 0 Å². The van der Waals surface area contributed by atoms with E-state index in [1.165, 1.54) is 212 Å². The number of unbranched alkanes of at least 4 members (excludes halogenated alkanes) is 25. The number of hydrogen-bond acceptors (Lipinski definition) is 7. The van der Waals surface area contributed by atoms with E-state index >= 15 is 0 Å². The second-order valence-electron chi connectivity index (χ2n) is 21.6. The Morgan fingerprint density at radius 3 is 1.14 bits per heavy atom. The van der Waals surface area contributed by atoms with Crippen molar-refractivity contribution in [2.75, 3.05) is 46.5 Å². The van der Waals surface area contributed by atoms with Crippen molar-refractivity contribution in [3.8, 4) is 0 Å². The van der Waals surface area contributed by atoms with Crippen LogP contribution in [0.4, 0.5) is 0 Å². The van der Waals surface area contributed by atoms with E-state index in [9.17, 15) is 19.5 Å². The number of carbonyl (C=O) groups is 3. The fraction of sp³-hybridized carbons (Fsp3) is 0.951. The van der Waals surface area contributed by atoms with Gasteiger partial charge >= 0.3 is 11.9 Å². The van der Waals surface area contributed by atoms with Gasteiger partial charge in [-0.05, 0) is 102 Å². The van der Waals surface area contributed by atoms with E-state index in [1.54, 1.807) is 4.90 Å². The van der Waals surface area contributed by atoms with Crippen LogP contribution in [-0.4, -0.2) is 85.3 Å². The molecule has 0 saturated carbocycles. The molecule has 0 aromatic carbocycles. The molecule has 0 heterocycles. The Kier molecular flexibility index (Phi) is 51.4. The molecule has 1 N–H and O–H groups in total. The van der Waals surface area contributed by atoms with Gasteiger partial charge in [-0.15, -0.1) is 0 Å². The Morgan fingerprint density at radius 2 is 0.710 bits per heavy atom. The van der Waals surface area contributed by atoms with Crippen LogP contribution in [0.5, 0.6) is 0 Å².